The number of carbonyl (C=O) groups excluding carboxylic acids is 2. The molecule has 0 bridgehead atoms. The molecule has 2 amide bonds. The van der Waals surface area contributed by atoms with E-state index in [-0.39, 0.29) is 46.2 Å². The van der Waals surface area contributed by atoms with Crippen LogP contribution in [0.15, 0.2) is 169 Å². The normalized spacial score (nSPS) is 11.8. The third-order valence-electron chi connectivity index (χ3n) is 7.69. The standard InChI is InChI=1S/2C17H12F2NO2.2C5H5.Ti/c2*18-13-6-7-16(15(19)10-13)20(11-14-8-9-22-14)17(21)12-4-2-1-3-5-12;2*1-2-4-5-3-1;/h2*1-8H,9,11H2;2*1-5H;/q4*-1;+4. The predicted octanol–water partition coefficient (Wildman–Crippen LogP) is 9.46. The summed E-state index contributed by atoms with van der Waals surface area (Å²) >= 11 is 0. The molecule has 6 aromatic rings. The van der Waals surface area contributed by atoms with Gasteiger partial charge in [-0.1, -0.05) is 36.4 Å². The van der Waals surface area contributed by atoms with Crippen LogP contribution in [0, 0.1) is 35.4 Å². The Labute approximate surface area is 332 Å². The second-order valence-electron chi connectivity index (χ2n) is 11.4. The molecule has 6 nitrogen and oxygen atoms in total. The molecule has 0 unspecified atom stereocenters. The van der Waals surface area contributed by atoms with Crippen molar-refractivity contribution in [2.24, 2.45) is 0 Å². The molecule has 6 aromatic carbocycles. The second-order valence-corrected chi connectivity index (χ2v) is 11.4. The third kappa shape index (κ3) is 12.6. The molecule has 55 heavy (non-hydrogen) atoms. The van der Waals surface area contributed by atoms with E-state index in [0.717, 1.165) is 12.1 Å². The molecule has 2 aliphatic heterocycles. The molecule has 0 atom stereocenters. The van der Waals surface area contributed by atoms with E-state index in [0.29, 0.717) is 35.9 Å². The van der Waals surface area contributed by atoms with Crippen LogP contribution in [0.2, 0.25) is 0 Å². The molecule has 11 heteroatoms. The number of anilines is 2. The summed E-state index contributed by atoms with van der Waals surface area (Å²) < 4.78 is 64.5. The zero-order chi connectivity index (χ0) is 38.1. The number of ether oxygens (including phenoxy) is 2. The maximum atomic E-state index is 14.0. The Bertz CT molecular complexity index is 1940. The van der Waals surface area contributed by atoms with Crippen LogP contribution < -0.4 is 9.80 Å². The molecule has 0 aromatic heterocycles. The number of nitrogens with zero attached hydrogens (tertiary/aromatic N) is 2. The molecule has 0 radical (unpaired) electrons. The fourth-order valence-electron chi connectivity index (χ4n) is 4.87. The average Bonchev–Trinajstić information content (AvgIpc) is 3.94. The Balaban J connectivity index is 0.000000192. The van der Waals surface area contributed by atoms with Crippen molar-refractivity contribution in [1.82, 2.24) is 0 Å². The fourth-order valence-corrected chi connectivity index (χ4v) is 4.87. The minimum Gasteiger partial charge on any atom is -0.492 e. The van der Waals surface area contributed by atoms with Crippen LogP contribution in [0.4, 0.5) is 28.9 Å². The van der Waals surface area contributed by atoms with Crippen LogP contribution in [0.25, 0.3) is 0 Å². The van der Waals surface area contributed by atoms with Gasteiger partial charge in [-0.15, -0.1) is 36.4 Å². The van der Waals surface area contributed by atoms with Gasteiger partial charge in [-0.25, -0.2) is 41.8 Å². The number of hydrogen-bond donors (Lipinski definition) is 0. The smallest absolute Gasteiger partial charge is 0.492 e. The molecule has 8 rings (SSSR count). The van der Waals surface area contributed by atoms with E-state index < -0.39 is 35.1 Å². The molecule has 0 N–H and O–H groups in total. The van der Waals surface area contributed by atoms with Gasteiger partial charge in [0.15, 0.2) is 0 Å². The van der Waals surface area contributed by atoms with Crippen molar-refractivity contribution in [2.75, 3.05) is 36.1 Å². The van der Waals surface area contributed by atoms with Crippen LogP contribution in [-0.4, -0.2) is 38.1 Å². The Morgan fingerprint density at radius 1 is 0.545 bits per heavy atom. The van der Waals surface area contributed by atoms with Crippen LogP contribution in [0.3, 0.4) is 0 Å². The van der Waals surface area contributed by atoms with E-state index in [4.69, 9.17) is 9.47 Å². The van der Waals surface area contributed by atoms with Crippen LogP contribution >= 0.6 is 0 Å². The van der Waals surface area contributed by atoms with E-state index in [9.17, 15) is 27.2 Å². The van der Waals surface area contributed by atoms with Crippen LogP contribution in [-0.2, 0) is 31.2 Å². The first-order chi connectivity index (χ1) is 26.3. The molecular formula is C44H34F4N2O4Ti. The van der Waals surface area contributed by atoms with E-state index in [1.54, 1.807) is 72.8 Å². The van der Waals surface area contributed by atoms with Crippen molar-refractivity contribution in [1.29, 1.82) is 0 Å². The fraction of sp³-hybridized carbons (Fsp3) is 0.0909. The summed E-state index contributed by atoms with van der Waals surface area (Å²) in [5.41, 5.74) is 0.746. The van der Waals surface area contributed by atoms with E-state index in [1.165, 1.54) is 21.9 Å². The van der Waals surface area contributed by atoms with Gasteiger partial charge < -0.3 is 19.3 Å². The van der Waals surface area contributed by atoms with Crippen molar-refractivity contribution in [2.45, 2.75) is 0 Å². The van der Waals surface area contributed by atoms with Crippen LogP contribution in [0.1, 0.15) is 20.7 Å². The molecule has 2 aliphatic rings. The minimum absolute atomic E-state index is 0. The zero-order valence-corrected chi connectivity index (χ0v) is 30.9. The average molecular weight is 779 g/mol. The number of amides is 2. The summed E-state index contributed by atoms with van der Waals surface area (Å²) in [4.78, 5) is 27.7. The first-order valence-electron chi connectivity index (χ1n) is 16.8. The van der Waals surface area contributed by atoms with Crippen molar-refractivity contribution in [3.63, 3.8) is 0 Å². The summed E-state index contributed by atoms with van der Waals surface area (Å²) in [6.45, 7) is 1.12. The zero-order valence-electron chi connectivity index (χ0n) is 29.4. The molecule has 276 valence electrons. The number of hydrogen-bond acceptors (Lipinski definition) is 4. The van der Waals surface area contributed by atoms with Gasteiger partial charge in [0.25, 0.3) is 0 Å². The number of benzene rings is 4. The molecule has 0 saturated carbocycles. The second kappa shape index (κ2) is 21.7. The summed E-state index contributed by atoms with van der Waals surface area (Å²) in [7, 11) is 0. The largest absolute Gasteiger partial charge is 4.00 e. The first kappa shape index (κ1) is 41.8. The Morgan fingerprint density at radius 3 is 1.15 bits per heavy atom. The van der Waals surface area contributed by atoms with Gasteiger partial charge in [0, 0.05) is 34.4 Å². The molecule has 2 heterocycles. The maximum absolute atomic E-state index is 14.0. The Hall–Kier alpha value is -5.97. The van der Waals surface area contributed by atoms with Gasteiger partial charge in [-0.05, 0) is 47.8 Å². The van der Waals surface area contributed by atoms with E-state index in [2.05, 4.69) is 0 Å². The predicted molar refractivity (Wildman–Crippen MR) is 199 cm³/mol. The van der Waals surface area contributed by atoms with Crippen molar-refractivity contribution in [3.8, 4) is 0 Å². The Morgan fingerprint density at radius 2 is 0.891 bits per heavy atom. The quantitative estimate of drug-likeness (QED) is 0.0878. The van der Waals surface area contributed by atoms with Gasteiger partial charge in [-0.2, -0.15) is 36.4 Å². The minimum atomic E-state index is -0.913. The summed E-state index contributed by atoms with van der Waals surface area (Å²) in [6.07, 6.45) is 3.60. The van der Waals surface area contributed by atoms with Crippen molar-refractivity contribution in [3.05, 3.63) is 216 Å². The topological polar surface area (TPSA) is 59.1 Å². The third-order valence-corrected chi connectivity index (χ3v) is 7.69. The van der Waals surface area contributed by atoms with E-state index >= 15 is 0 Å². The van der Waals surface area contributed by atoms with Gasteiger partial charge in [0.05, 0.1) is 13.1 Å². The molecular weight excluding hydrogens is 744 g/mol. The SMILES string of the molecule is O=C(c1ccccc1)N(CC1=CCO1)c1ccc(F)[c-]c1F.O=C(c1ccccc1)N(CC1=CCO1)c1ccc(F)[c-]c1F.[Ti+4].c1cc[cH-]c1.c1cc[cH-]c1. The van der Waals surface area contributed by atoms with Crippen molar-refractivity contribution >= 4 is 23.2 Å². The number of halogens is 4. The number of rotatable bonds is 8. The summed E-state index contributed by atoms with van der Waals surface area (Å²) in [6, 6.07) is 45.5. The number of carbonyl (C=O) groups is 2. The molecule has 0 aliphatic carbocycles. The maximum Gasteiger partial charge on any atom is 4.00 e. The first-order valence-corrected chi connectivity index (χ1v) is 16.8. The molecule has 0 fully saturated rings. The van der Waals surface area contributed by atoms with Crippen LogP contribution in [0.5, 0.6) is 0 Å². The summed E-state index contributed by atoms with van der Waals surface area (Å²) in [5, 5.41) is 0. The monoisotopic (exact) mass is 778 g/mol. The van der Waals surface area contributed by atoms with Gasteiger partial charge in [-0.3, -0.25) is 9.59 Å². The summed E-state index contributed by atoms with van der Waals surface area (Å²) in [5.74, 6) is -3.08. The molecule has 0 saturated heterocycles. The van der Waals surface area contributed by atoms with E-state index in [1.807, 2.05) is 72.8 Å². The van der Waals surface area contributed by atoms with Gasteiger partial charge in [0.2, 0.25) is 11.8 Å². The van der Waals surface area contributed by atoms with Crippen molar-refractivity contribution < 1.29 is 58.3 Å². The Kier molecular flexibility index (Phi) is 16.5. The molecule has 0 spiro atoms. The van der Waals surface area contributed by atoms with Gasteiger partial charge >= 0.3 is 21.7 Å². The van der Waals surface area contributed by atoms with Gasteiger partial charge in [0.1, 0.15) is 24.7 Å².